The molecule has 0 aromatic rings. The standard InChI is InChI=1S/C14H27N3O2/c1-3-16-14(13(15)18,11-6-7-11)10-17(2)9-12-5-4-8-19-12/h11-12,16H,3-10H2,1-2H3,(H2,15,18). The normalized spacial score (nSPS) is 26.6. The molecule has 2 aliphatic rings. The van der Waals surface area contributed by atoms with Gasteiger partial charge in [0.25, 0.3) is 0 Å². The molecular formula is C14H27N3O2. The first-order chi connectivity index (χ1) is 9.08. The smallest absolute Gasteiger partial charge is 0.239 e. The van der Waals surface area contributed by atoms with E-state index in [-0.39, 0.29) is 5.91 Å². The molecule has 1 aliphatic heterocycles. The van der Waals surface area contributed by atoms with Crippen molar-refractivity contribution >= 4 is 5.91 Å². The Hall–Kier alpha value is -0.650. The number of hydrogen-bond donors (Lipinski definition) is 2. The number of likely N-dealkylation sites (N-methyl/N-ethyl adjacent to an activating group) is 2. The predicted octanol–water partition coefficient (Wildman–Crippen LogP) is 0.341. The van der Waals surface area contributed by atoms with Gasteiger partial charge in [-0.15, -0.1) is 0 Å². The highest BCUT2D eigenvalue weighted by Crippen LogP contribution is 2.40. The van der Waals surface area contributed by atoms with Crippen LogP contribution in [0.3, 0.4) is 0 Å². The van der Waals surface area contributed by atoms with Crippen LogP contribution >= 0.6 is 0 Å². The van der Waals surface area contributed by atoms with E-state index in [1.54, 1.807) is 0 Å². The number of nitrogens with one attached hydrogen (secondary N) is 1. The molecule has 0 aromatic heterocycles. The molecule has 5 nitrogen and oxygen atoms in total. The monoisotopic (exact) mass is 269 g/mol. The fourth-order valence-corrected chi connectivity index (χ4v) is 3.21. The molecule has 1 amide bonds. The van der Waals surface area contributed by atoms with Crippen LogP contribution in [0.1, 0.15) is 32.6 Å². The maximum Gasteiger partial charge on any atom is 0.239 e. The van der Waals surface area contributed by atoms with Crippen molar-refractivity contribution in [1.82, 2.24) is 10.2 Å². The lowest BCUT2D eigenvalue weighted by molar-refractivity contribution is -0.126. The van der Waals surface area contributed by atoms with Crippen LogP contribution in [0.15, 0.2) is 0 Å². The Bertz CT molecular complexity index is 314. The Labute approximate surface area is 115 Å². The van der Waals surface area contributed by atoms with Gasteiger partial charge in [0.05, 0.1) is 6.10 Å². The van der Waals surface area contributed by atoms with Crippen molar-refractivity contribution in [3.63, 3.8) is 0 Å². The molecule has 2 rings (SSSR count). The lowest BCUT2D eigenvalue weighted by Crippen LogP contribution is -2.63. The molecule has 3 N–H and O–H groups in total. The van der Waals surface area contributed by atoms with Gasteiger partial charge < -0.3 is 20.7 Å². The van der Waals surface area contributed by atoms with E-state index in [4.69, 9.17) is 10.5 Å². The molecule has 19 heavy (non-hydrogen) atoms. The van der Waals surface area contributed by atoms with Gasteiger partial charge in [-0.1, -0.05) is 6.92 Å². The van der Waals surface area contributed by atoms with Gasteiger partial charge in [-0.3, -0.25) is 4.79 Å². The minimum atomic E-state index is -0.553. The van der Waals surface area contributed by atoms with Gasteiger partial charge >= 0.3 is 0 Å². The highest BCUT2D eigenvalue weighted by molar-refractivity contribution is 5.86. The quantitative estimate of drug-likeness (QED) is 0.667. The molecule has 1 heterocycles. The van der Waals surface area contributed by atoms with Gasteiger partial charge in [-0.2, -0.15) is 0 Å². The van der Waals surface area contributed by atoms with Crippen molar-refractivity contribution in [2.75, 3.05) is 33.3 Å². The molecule has 2 atom stereocenters. The van der Waals surface area contributed by atoms with Gasteiger partial charge in [-0.05, 0) is 45.2 Å². The maximum atomic E-state index is 12.0. The fraction of sp³-hybridized carbons (Fsp3) is 0.929. The number of rotatable bonds is 8. The number of primary amides is 1. The lowest BCUT2D eigenvalue weighted by Gasteiger charge is -2.36. The zero-order valence-electron chi connectivity index (χ0n) is 12.2. The summed E-state index contributed by atoms with van der Waals surface area (Å²) in [6, 6.07) is 0. The zero-order valence-corrected chi connectivity index (χ0v) is 12.2. The molecule has 0 bridgehead atoms. The third kappa shape index (κ3) is 3.46. The van der Waals surface area contributed by atoms with E-state index in [2.05, 4.69) is 17.3 Å². The first-order valence-corrected chi connectivity index (χ1v) is 7.43. The molecule has 2 fully saturated rings. The highest BCUT2D eigenvalue weighted by Gasteiger charge is 2.49. The summed E-state index contributed by atoms with van der Waals surface area (Å²) in [5.41, 5.74) is 5.14. The largest absolute Gasteiger partial charge is 0.377 e. The number of carbonyl (C=O) groups is 1. The van der Waals surface area contributed by atoms with Crippen molar-refractivity contribution in [3.05, 3.63) is 0 Å². The Morgan fingerprint density at radius 3 is 2.68 bits per heavy atom. The minimum absolute atomic E-state index is 0.212. The van der Waals surface area contributed by atoms with Crippen molar-refractivity contribution in [1.29, 1.82) is 0 Å². The van der Waals surface area contributed by atoms with Crippen LogP contribution in [0.2, 0.25) is 0 Å². The van der Waals surface area contributed by atoms with Crippen LogP contribution in [0, 0.1) is 5.92 Å². The summed E-state index contributed by atoms with van der Waals surface area (Å²) in [5.74, 6) is 0.188. The Morgan fingerprint density at radius 1 is 1.47 bits per heavy atom. The van der Waals surface area contributed by atoms with E-state index in [1.165, 1.54) is 0 Å². The summed E-state index contributed by atoms with van der Waals surface area (Å²) >= 11 is 0. The van der Waals surface area contributed by atoms with E-state index in [0.717, 1.165) is 45.4 Å². The van der Waals surface area contributed by atoms with Crippen molar-refractivity contribution < 1.29 is 9.53 Å². The molecule has 5 heteroatoms. The summed E-state index contributed by atoms with van der Waals surface area (Å²) in [4.78, 5) is 14.2. The molecule has 1 saturated carbocycles. The lowest BCUT2D eigenvalue weighted by atomic mass is 9.91. The van der Waals surface area contributed by atoms with Crippen LogP contribution in [0.25, 0.3) is 0 Å². The van der Waals surface area contributed by atoms with Crippen molar-refractivity contribution in [2.45, 2.75) is 44.2 Å². The van der Waals surface area contributed by atoms with Gasteiger partial charge in [0.1, 0.15) is 5.54 Å². The molecule has 1 saturated heterocycles. The second-order valence-corrected chi connectivity index (χ2v) is 5.97. The van der Waals surface area contributed by atoms with Gasteiger partial charge in [0.2, 0.25) is 5.91 Å². The average Bonchev–Trinajstić information content (AvgIpc) is 3.08. The van der Waals surface area contributed by atoms with Crippen LogP contribution in [0.5, 0.6) is 0 Å². The molecule has 0 spiro atoms. The van der Waals surface area contributed by atoms with E-state index in [0.29, 0.717) is 18.6 Å². The summed E-state index contributed by atoms with van der Waals surface area (Å²) in [5, 5.41) is 3.36. The number of ether oxygens (including phenoxy) is 1. The van der Waals surface area contributed by atoms with Gasteiger partial charge in [0.15, 0.2) is 0 Å². The van der Waals surface area contributed by atoms with Crippen LogP contribution in [-0.4, -0.2) is 55.7 Å². The van der Waals surface area contributed by atoms with Gasteiger partial charge in [0, 0.05) is 19.7 Å². The van der Waals surface area contributed by atoms with E-state index < -0.39 is 5.54 Å². The third-order valence-electron chi connectivity index (χ3n) is 4.26. The molecule has 0 radical (unpaired) electrons. The number of nitrogens with two attached hydrogens (primary N) is 1. The predicted molar refractivity (Wildman–Crippen MR) is 74.8 cm³/mol. The summed E-state index contributed by atoms with van der Waals surface area (Å²) in [6.07, 6.45) is 4.79. The first-order valence-electron chi connectivity index (χ1n) is 7.43. The molecule has 2 unspecified atom stereocenters. The first kappa shape index (κ1) is 14.8. The second-order valence-electron chi connectivity index (χ2n) is 5.97. The summed E-state index contributed by atoms with van der Waals surface area (Å²) < 4.78 is 5.66. The SMILES string of the molecule is CCNC(CN(C)CC1CCCO1)(C(N)=O)C1CC1. The minimum Gasteiger partial charge on any atom is -0.377 e. The van der Waals surface area contributed by atoms with E-state index in [9.17, 15) is 4.79 Å². The third-order valence-corrected chi connectivity index (χ3v) is 4.26. The van der Waals surface area contributed by atoms with Gasteiger partial charge in [-0.25, -0.2) is 0 Å². The number of nitrogens with zero attached hydrogens (tertiary/aromatic N) is 1. The Morgan fingerprint density at radius 2 is 2.21 bits per heavy atom. The fourth-order valence-electron chi connectivity index (χ4n) is 3.21. The van der Waals surface area contributed by atoms with Crippen LogP contribution < -0.4 is 11.1 Å². The molecule has 1 aliphatic carbocycles. The number of hydrogen-bond acceptors (Lipinski definition) is 4. The topological polar surface area (TPSA) is 67.6 Å². The van der Waals surface area contributed by atoms with E-state index >= 15 is 0 Å². The second kappa shape index (κ2) is 6.20. The Kier molecular flexibility index (Phi) is 4.81. The number of amides is 1. The van der Waals surface area contributed by atoms with Crippen LogP contribution in [0.4, 0.5) is 0 Å². The maximum absolute atomic E-state index is 12.0. The van der Waals surface area contributed by atoms with Crippen molar-refractivity contribution in [3.8, 4) is 0 Å². The zero-order chi connectivity index (χ0) is 13.9. The van der Waals surface area contributed by atoms with Crippen molar-refractivity contribution in [2.24, 2.45) is 11.7 Å². The Balaban J connectivity index is 1.95. The average molecular weight is 269 g/mol. The molecule has 110 valence electrons. The van der Waals surface area contributed by atoms with E-state index in [1.807, 2.05) is 6.92 Å². The number of carbonyl (C=O) groups excluding carboxylic acids is 1. The highest BCUT2D eigenvalue weighted by atomic mass is 16.5. The molecular weight excluding hydrogens is 242 g/mol. The summed E-state index contributed by atoms with van der Waals surface area (Å²) in [6.45, 7) is 5.23. The summed E-state index contributed by atoms with van der Waals surface area (Å²) in [7, 11) is 2.05. The molecule has 0 aromatic carbocycles. The van der Waals surface area contributed by atoms with Crippen LogP contribution in [-0.2, 0) is 9.53 Å².